The molecule has 3 heterocycles. The monoisotopic (exact) mass is 524 g/mol. The van der Waals surface area contributed by atoms with E-state index in [0.29, 0.717) is 41.6 Å². The van der Waals surface area contributed by atoms with Crippen LogP contribution in [0, 0.1) is 11.2 Å². The van der Waals surface area contributed by atoms with Crippen LogP contribution in [0.25, 0.3) is 10.2 Å². The summed E-state index contributed by atoms with van der Waals surface area (Å²) in [5.74, 6) is 0.552. The van der Waals surface area contributed by atoms with Gasteiger partial charge in [0.05, 0.1) is 28.7 Å². The Morgan fingerprint density at radius 1 is 1.14 bits per heavy atom. The van der Waals surface area contributed by atoms with E-state index in [1.165, 1.54) is 29.0 Å². The molecular formula is C28H33FN4O3S. The summed E-state index contributed by atoms with van der Waals surface area (Å²) >= 11 is 1.26. The number of thiazole rings is 1. The molecule has 1 saturated heterocycles. The van der Waals surface area contributed by atoms with Crippen molar-refractivity contribution in [3.8, 4) is 5.75 Å². The van der Waals surface area contributed by atoms with Crippen molar-refractivity contribution in [3.05, 3.63) is 53.8 Å². The Bertz CT molecular complexity index is 1260. The molecule has 5 rings (SSSR count). The number of carbonyl (C=O) groups is 2. The number of aryl methyl sites for hydroxylation is 1. The first-order chi connectivity index (χ1) is 18.0. The molecule has 7 nitrogen and oxygen atoms in total. The van der Waals surface area contributed by atoms with Crippen LogP contribution < -0.4 is 15.4 Å². The van der Waals surface area contributed by atoms with Gasteiger partial charge in [0.2, 0.25) is 11.8 Å². The molecule has 2 aliphatic rings. The lowest BCUT2D eigenvalue weighted by Gasteiger charge is -2.40. The van der Waals surface area contributed by atoms with Crippen molar-refractivity contribution in [2.75, 3.05) is 38.1 Å². The summed E-state index contributed by atoms with van der Waals surface area (Å²) in [5.41, 5.74) is 1.50. The Morgan fingerprint density at radius 3 is 2.84 bits per heavy atom. The molecule has 196 valence electrons. The highest BCUT2D eigenvalue weighted by atomic mass is 32.1. The lowest BCUT2D eigenvalue weighted by Crippen LogP contribution is -2.50. The SMILES string of the molecule is O=C(CN1CCC2(CCCCCc3ccccc3OCCNC2=O)CC1)Nc1nc2ccc(F)cc2s1. The lowest BCUT2D eigenvalue weighted by molar-refractivity contribution is -0.135. The third-order valence-corrected chi connectivity index (χ3v) is 8.41. The van der Waals surface area contributed by atoms with Crippen molar-refractivity contribution >= 4 is 38.5 Å². The Kier molecular flexibility index (Phi) is 8.00. The van der Waals surface area contributed by atoms with Crippen LogP contribution in [0.5, 0.6) is 5.75 Å². The molecule has 0 saturated carbocycles. The number of anilines is 1. The standard InChI is InChI=1S/C28H33FN4O3S/c29-21-9-10-22-24(18-21)37-27(31-22)32-25(34)19-33-15-12-28(13-16-33)11-5-1-2-6-20-7-3-4-8-23(20)36-17-14-30-26(28)35/h3-4,7-10,18H,1-2,5-6,11-17,19H2,(H,30,35)(H,31,32,34). The quantitative estimate of drug-likeness (QED) is 0.516. The summed E-state index contributed by atoms with van der Waals surface area (Å²) in [6, 6.07) is 12.6. The van der Waals surface area contributed by atoms with Gasteiger partial charge in [-0.05, 0) is 75.0 Å². The number of hydrogen-bond donors (Lipinski definition) is 2. The van der Waals surface area contributed by atoms with E-state index in [0.717, 1.165) is 50.7 Å². The predicted octanol–water partition coefficient (Wildman–Crippen LogP) is 4.77. The molecule has 9 heteroatoms. The van der Waals surface area contributed by atoms with Crippen LogP contribution in [0.2, 0.25) is 0 Å². The van der Waals surface area contributed by atoms with Crippen molar-refractivity contribution in [1.29, 1.82) is 0 Å². The number of amides is 2. The zero-order valence-corrected chi connectivity index (χ0v) is 21.7. The van der Waals surface area contributed by atoms with E-state index in [1.807, 2.05) is 18.2 Å². The van der Waals surface area contributed by atoms with Gasteiger partial charge in [-0.2, -0.15) is 0 Å². The van der Waals surface area contributed by atoms with E-state index in [9.17, 15) is 14.0 Å². The molecule has 1 spiro atoms. The largest absolute Gasteiger partial charge is 0.491 e. The molecule has 1 fully saturated rings. The molecular weight excluding hydrogens is 491 g/mol. The van der Waals surface area contributed by atoms with Gasteiger partial charge in [0.1, 0.15) is 18.2 Å². The van der Waals surface area contributed by atoms with Gasteiger partial charge in [-0.15, -0.1) is 0 Å². The number of nitrogens with one attached hydrogen (secondary N) is 2. The first-order valence-corrected chi connectivity index (χ1v) is 13.9. The maximum Gasteiger partial charge on any atom is 0.240 e. The number of carbonyl (C=O) groups excluding carboxylic acids is 2. The number of para-hydroxylation sites is 1. The first kappa shape index (κ1) is 25.6. The maximum absolute atomic E-state index is 13.4. The summed E-state index contributed by atoms with van der Waals surface area (Å²) in [4.78, 5) is 32.5. The van der Waals surface area contributed by atoms with Gasteiger partial charge in [0.25, 0.3) is 0 Å². The van der Waals surface area contributed by atoms with Crippen LogP contribution in [0.4, 0.5) is 9.52 Å². The molecule has 2 amide bonds. The molecule has 0 unspecified atom stereocenters. The van der Waals surface area contributed by atoms with Crippen LogP contribution in [-0.4, -0.2) is 54.5 Å². The van der Waals surface area contributed by atoms with Gasteiger partial charge < -0.3 is 15.4 Å². The fraction of sp³-hybridized carbons (Fsp3) is 0.464. The van der Waals surface area contributed by atoms with Gasteiger partial charge in [-0.3, -0.25) is 14.5 Å². The molecule has 3 aromatic rings. The zero-order chi connectivity index (χ0) is 25.7. The van der Waals surface area contributed by atoms with Gasteiger partial charge in [-0.1, -0.05) is 42.4 Å². The minimum absolute atomic E-state index is 0.106. The number of benzene rings is 2. The number of piperidine rings is 1. The van der Waals surface area contributed by atoms with Crippen molar-refractivity contribution in [3.63, 3.8) is 0 Å². The van der Waals surface area contributed by atoms with Crippen molar-refractivity contribution in [2.45, 2.75) is 44.9 Å². The number of nitrogens with zero attached hydrogens (tertiary/aromatic N) is 2. The number of likely N-dealkylation sites (tertiary alicyclic amines) is 1. The third kappa shape index (κ3) is 6.27. The third-order valence-electron chi connectivity index (χ3n) is 7.48. The molecule has 2 aliphatic heterocycles. The van der Waals surface area contributed by atoms with E-state index < -0.39 is 5.41 Å². The molecule has 0 aliphatic carbocycles. The number of ether oxygens (including phenoxy) is 1. The summed E-state index contributed by atoms with van der Waals surface area (Å²) < 4.78 is 20.1. The number of rotatable bonds is 3. The second-order valence-corrected chi connectivity index (χ2v) is 11.0. The van der Waals surface area contributed by atoms with Gasteiger partial charge in [-0.25, -0.2) is 9.37 Å². The number of halogens is 1. The highest BCUT2D eigenvalue weighted by Crippen LogP contribution is 2.37. The topological polar surface area (TPSA) is 83.6 Å². The molecule has 0 radical (unpaired) electrons. The Balaban J connectivity index is 1.15. The summed E-state index contributed by atoms with van der Waals surface area (Å²) in [5, 5.41) is 6.44. The fourth-order valence-corrected chi connectivity index (χ4v) is 6.27. The highest BCUT2D eigenvalue weighted by Gasteiger charge is 2.40. The van der Waals surface area contributed by atoms with Crippen molar-refractivity contribution in [2.24, 2.45) is 5.41 Å². The summed E-state index contributed by atoms with van der Waals surface area (Å²) in [6.07, 6.45) is 6.46. The number of aromatic nitrogens is 1. The van der Waals surface area contributed by atoms with Crippen molar-refractivity contribution < 1.29 is 18.7 Å². The minimum atomic E-state index is -0.398. The average Bonchev–Trinajstić information content (AvgIpc) is 3.29. The van der Waals surface area contributed by atoms with Crippen LogP contribution in [0.1, 0.15) is 44.1 Å². The summed E-state index contributed by atoms with van der Waals surface area (Å²) in [7, 11) is 0. The molecule has 37 heavy (non-hydrogen) atoms. The van der Waals surface area contributed by atoms with Gasteiger partial charge in [0.15, 0.2) is 5.13 Å². The Hall–Kier alpha value is -3.04. The number of hydrogen-bond acceptors (Lipinski definition) is 6. The van der Waals surface area contributed by atoms with E-state index in [1.54, 1.807) is 6.07 Å². The van der Waals surface area contributed by atoms with Crippen LogP contribution in [-0.2, 0) is 16.0 Å². The molecule has 2 N–H and O–H groups in total. The molecule has 0 atom stereocenters. The van der Waals surface area contributed by atoms with Crippen LogP contribution in [0.15, 0.2) is 42.5 Å². The number of fused-ring (bicyclic) bond motifs is 2. The maximum atomic E-state index is 13.4. The second kappa shape index (κ2) is 11.6. The highest BCUT2D eigenvalue weighted by molar-refractivity contribution is 7.22. The fourth-order valence-electron chi connectivity index (χ4n) is 5.36. The second-order valence-electron chi connectivity index (χ2n) is 10.0. The van der Waals surface area contributed by atoms with E-state index in [4.69, 9.17) is 4.74 Å². The smallest absolute Gasteiger partial charge is 0.240 e. The molecule has 2 aromatic carbocycles. The molecule has 1 aromatic heterocycles. The first-order valence-electron chi connectivity index (χ1n) is 13.1. The van der Waals surface area contributed by atoms with E-state index in [2.05, 4.69) is 26.6 Å². The van der Waals surface area contributed by atoms with Crippen molar-refractivity contribution in [1.82, 2.24) is 15.2 Å². The van der Waals surface area contributed by atoms with Crippen LogP contribution >= 0.6 is 11.3 Å². The van der Waals surface area contributed by atoms with E-state index >= 15 is 0 Å². The van der Waals surface area contributed by atoms with Gasteiger partial charge >= 0.3 is 0 Å². The molecule has 0 bridgehead atoms. The Morgan fingerprint density at radius 2 is 1.97 bits per heavy atom. The van der Waals surface area contributed by atoms with Crippen LogP contribution in [0.3, 0.4) is 0 Å². The van der Waals surface area contributed by atoms with E-state index in [-0.39, 0.29) is 24.2 Å². The normalized spacial score (nSPS) is 19.1. The lowest BCUT2D eigenvalue weighted by atomic mass is 9.73. The Labute approximate surface area is 220 Å². The van der Waals surface area contributed by atoms with Gasteiger partial charge in [0, 0.05) is 0 Å². The summed E-state index contributed by atoms with van der Waals surface area (Å²) in [6.45, 7) is 2.55. The zero-order valence-electron chi connectivity index (χ0n) is 20.9. The predicted molar refractivity (Wildman–Crippen MR) is 143 cm³/mol. The minimum Gasteiger partial charge on any atom is -0.491 e. The average molecular weight is 525 g/mol.